The first-order chi connectivity index (χ1) is 43.7. The molecule has 9 atom stereocenters. The molecule has 11 N–H and O–H groups in total. The molecular weight excluding hydrogens is 1460 g/mol. The molecule has 0 saturated heterocycles. The zero-order valence-corrected chi connectivity index (χ0v) is 58.5. The summed E-state index contributed by atoms with van der Waals surface area (Å²) in [5.41, 5.74) is 1.61. The number of aliphatic hydroxyl groups excluding tert-OH is 2. The number of aliphatic hydroxyl groups is 2. The zero-order valence-electron chi connectivity index (χ0n) is 52.7. The maximum absolute atomic E-state index is 16.2. The molecule has 7 aromatic carbocycles. The number of hydrogen-bond donors (Lipinski definition) is 11. The molecule has 24 heteroatoms. The quantitative estimate of drug-likeness (QED) is 0.0633. The van der Waals surface area contributed by atoms with Gasteiger partial charge in [0.05, 0.1) is 25.0 Å². The minimum Gasteiger partial charge on any atom is -0.508 e. The number of phenolic OH excluding ortho intramolecular Hbond substituents is 5. The Bertz CT molecular complexity index is 4170. The van der Waals surface area contributed by atoms with Crippen LogP contribution in [0.5, 0.6) is 57.5 Å². The number of aryl methyl sites for hydroxylation is 5. The molecule has 1 unspecified atom stereocenters. The van der Waals surface area contributed by atoms with Crippen molar-refractivity contribution in [3.05, 3.63) is 175 Å². The Hall–Kier alpha value is -8.50. The summed E-state index contributed by atoms with van der Waals surface area (Å²) in [6.07, 6.45) is -7.81. The SMILES string of the molecule is CN[C@@H](C(=O)N[C@H]1C(=O)CC(c2cc(C)c(O)c(C)c2)C(=O)N[C@H]2C(=O)C[C@@H]3C(=O)C[C@H](C(=O)N[C@H](OC=O)c4c(C)c(O)c(C)c(O)c4-c4cc3cc(C)c4O)[C@H](O)c3ccc(c(C)c3)Oc3cc2cc(c3OC)Oc2ccc(cc2C)[C@H]1O)c1ccc(O)cc1.[W].[Y]. The van der Waals surface area contributed by atoms with Crippen LogP contribution in [-0.2, 0) is 92.1 Å². The summed E-state index contributed by atoms with van der Waals surface area (Å²) in [6.45, 7) is 10.8. The van der Waals surface area contributed by atoms with Crippen molar-refractivity contribution >= 4 is 41.5 Å². The number of rotatable bonds is 8. The Balaban J connectivity index is 0.00000567. The number of carbonyl (C=O) groups excluding carboxylic acids is 7. The zero-order chi connectivity index (χ0) is 66.5. The van der Waals surface area contributed by atoms with Gasteiger partial charge in [0.15, 0.2) is 23.1 Å². The third kappa shape index (κ3) is 13.9. The molecule has 487 valence electrons. The average Bonchev–Trinajstić information content (AvgIpc) is 0.751. The number of ether oxygens (including phenoxy) is 4. The van der Waals surface area contributed by atoms with Gasteiger partial charge in [-0.05, 0) is 171 Å². The van der Waals surface area contributed by atoms with Crippen LogP contribution in [0.4, 0.5) is 0 Å². The number of ketones is 3. The summed E-state index contributed by atoms with van der Waals surface area (Å²) in [5, 5.41) is 92.7. The number of amides is 3. The fourth-order valence-corrected chi connectivity index (χ4v) is 12.6. The van der Waals surface area contributed by atoms with Gasteiger partial charge in [0.25, 0.3) is 6.47 Å². The predicted octanol–water partition coefficient (Wildman–Crippen LogP) is 8.69. The van der Waals surface area contributed by atoms with Crippen LogP contribution >= 0.6 is 0 Å². The third-order valence-electron chi connectivity index (χ3n) is 17.7. The van der Waals surface area contributed by atoms with Crippen LogP contribution in [0.15, 0.2) is 97.1 Å². The van der Waals surface area contributed by atoms with Crippen LogP contribution in [0.2, 0.25) is 0 Å². The second-order valence-electron chi connectivity index (χ2n) is 23.8. The van der Waals surface area contributed by atoms with Crippen molar-refractivity contribution in [1.82, 2.24) is 21.3 Å². The monoisotopic (exact) mass is 1530 g/mol. The van der Waals surface area contributed by atoms with Crippen molar-refractivity contribution in [2.24, 2.45) is 5.92 Å². The predicted molar refractivity (Wildman–Crippen MR) is 333 cm³/mol. The molecule has 3 amide bonds. The Morgan fingerprint density at radius 1 is 0.585 bits per heavy atom. The Morgan fingerprint density at radius 3 is 1.68 bits per heavy atom. The van der Waals surface area contributed by atoms with Gasteiger partial charge in [-0.3, -0.25) is 33.6 Å². The smallest absolute Gasteiger partial charge is 0.295 e. The van der Waals surface area contributed by atoms with Crippen LogP contribution in [0, 0.1) is 54.4 Å². The molecule has 12 rings (SSSR count). The molecule has 5 heterocycles. The van der Waals surface area contributed by atoms with Crippen molar-refractivity contribution < 1.29 is 142 Å². The number of nitrogens with one attached hydrogen (secondary N) is 4. The van der Waals surface area contributed by atoms with Gasteiger partial charge >= 0.3 is 0 Å². The van der Waals surface area contributed by atoms with Crippen molar-refractivity contribution in [3.63, 3.8) is 0 Å². The number of methoxy groups -OCH3 is 1. The second-order valence-corrected chi connectivity index (χ2v) is 23.8. The number of phenols is 5. The number of aromatic hydroxyl groups is 5. The molecule has 0 fully saturated rings. The first-order valence-electron chi connectivity index (χ1n) is 29.6. The number of fused-ring (bicyclic) bond motifs is 15. The van der Waals surface area contributed by atoms with E-state index in [4.69, 9.17) is 18.9 Å². The fourth-order valence-electron chi connectivity index (χ4n) is 12.6. The number of likely N-dealkylation sites (N-methyl/N-ethyl adjacent to an activating group) is 1. The van der Waals surface area contributed by atoms with Gasteiger partial charge < -0.3 is 76.0 Å². The molecule has 11 bridgehead atoms. The molecule has 1 radical (unpaired) electrons. The van der Waals surface area contributed by atoms with Crippen LogP contribution in [0.25, 0.3) is 11.1 Å². The first-order valence-corrected chi connectivity index (χ1v) is 29.6. The Morgan fingerprint density at radius 2 is 1.13 bits per heavy atom. The van der Waals surface area contributed by atoms with Gasteiger partial charge in [0, 0.05) is 107 Å². The van der Waals surface area contributed by atoms with Gasteiger partial charge in [-0.1, -0.05) is 42.5 Å². The van der Waals surface area contributed by atoms with Gasteiger partial charge in [-0.25, -0.2) is 0 Å². The molecule has 22 nitrogen and oxygen atoms in total. The van der Waals surface area contributed by atoms with Gasteiger partial charge in [-0.2, -0.15) is 0 Å². The van der Waals surface area contributed by atoms with E-state index < -0.39 is 126 Å². The van der Waals surface area contributed by atoms with Crippen molar-refractivity contribution in [2.75, 3.05) is 14.2 Å². The third-order valence-corrected chi connectivity index (χ3v) is 17.7. The van der Waals surface area contributed by atoms with Crippen molar-refractivity contribution in [1.29, 1.82) is 0 Å². The molecular formula is C70H70N4O18WY. The largest absolute Gasteiger partial charge is 0.508 e. The molecule has 0 aromatic heterocycles. The van der Waals surface area contributed by atoms with Gasteiger partial charge in [0.2, 0.25) is 29.7 Å². The summed E-state index contributed by atoms with van der Waals surface area (Å²) in [7, 11) is 2.84. The minimum atomic E-state index is -1.85. The van der Waals surface area contributed by atoms with E-state index in [0.717, 1.165) is 0 Å². The minimum absolute atomic E-state index is 0. The van der Waals surface area contributed by atoms with E-state index in [2.05, 4.69) is 21.3 Å². The van der Waals surface area contributed by atoms with E-state index in [1.165, 1.54) is 126 Å². The molecule has 7 aromatic rings. The fraction of sp³-hybridized carbons (Fsp3) is 0.300. The number of carbonyl (C=O) groups is 7. The van der Waals surface area contributed by atoms with Crippen molar-refractivity contribution in [3.8, 4) is 68.6 Å². The molecule has 5 aliphatic heterocycles. The standard InChI is InChI=1S/C70H70N4O18.W.Y/c1-30-18-38-12-16-51(30)91-53-24-42-25-54(66(53)89-9)92-52-17-13-39(19-31(52)2)65(85)59(73-69(88)58(71-8)37-10-14-43(76)15-11-37)50(79)27-45(40-20-32(3)60(80)33(4)21-40)67(86)72-57(42)49(78)26-44-41-22-34(5)61(81)46(23-41)56-55(35(6)62(82)36(7)63(56)83)70(90-29-75)74-68(87)47(64(38)84)28-48(44)77;;/h10-25,29,44-45,47,57-59,64-65,70-71,76,80-85H,26-28H2,1-9H3,(H,72,86)(H,73,88)(H,74,87);;/t44-,45?,47-,57+,58+,59-,64+,65+,70+;;/m0../s1. The van der Waals surface area contributed by atoms with E-state index in [1.54, 1.807) is 33.8 Å². The topological polar surface area (TPSA) is 346 Å². The normalized spacial score (nSPS) is 20.7. The Kier molecular flexibility index (Phi) is 22.0. The number of hydrogen-bond acceptors (Lipinski definition) is 19. The number of benzene rings is 7. The molecule has 5 aliphatic rings. The number of Topliss-reactive ketones (excluding diaryl/α,β-unsaturated/α-hetero) is 3. The molecule has 0 saturated carbocycles. The van der Waals surface area contributed by atoms with Crippen molar-refractivity contribution in [2.45, 2.75) is 116 Å². The van der Waals surface area contributed by atoms with Gasteiger partial charge in [-0.15, -0.1) is 0 Å². The summed E-state index contributed by atoms with van der Waals surface area (Å²) >= 11 is 0. The van der Waals surface area contributed by atoms with E-state index in [9.17, 15) is 45.3 Å². The summed E-state index contributed by atoms with van der Waals surface area (Å²) in [6, 6.07) is 18.6. The van der Waals surface area contributed by atoms with Gasteiger partial charge in [0.1, 0.15) is 70.3 Å². The second kappa shape index (κ2) is 29.0. The Labute approximate surface area is 580 Å². The maximum atomic E-state index is 16.2. The van der Waals surface area contributed by atoms with Crippen LogP contribution in [0.1, 0.15) is 140 Å². The molecule has 0 spiro atoms. The summed E-state index contributed by atoms with van der Waals surface area (Å²) < 4.78 is 24.9. The van der Waals surface area contributed by atoms with Crippen LogP contribution in [-0.4, -0.2) is 97.5 Å². The first kappa shape index (κ1) is 71.4. The summed E-state index contributed by atoms with van der Waals surface area (Å²) in [4.78, 5) is 105. The van der Waals surface area contributed by atoms with E-state index in [1.807, 2.05) is 0 Å². The van der Waals surface area contributed by atoms with E-state index in [-0.39, 0.29) is 162 Å². The van der Waals surface area contributed by atoms with Crippen LogP contribution < -0.4 is 35.5 Å². The average molecular weight is 1530 g/mol. The van der Waals surface area contributed by atoms with E-state index >= 15 is 24.0 Å². The van der Waals surface area contributed by atoms with Crippen LogP contribution in [0.3, 0.4) is 0 Å². The molecule has 0 aliphatic carbocycles. The van der Waals surface area contributed by atoms with E-state index in [0.29, 0.717) is 27.8 Å². The maximum Gasteiger partial charge on any atom is 0.295 e. The summed E-state index contributed by atoms with van der Waals surface area (Å²) in [5.74, 6) is -11.9. The molecule has 94 heavy (non-hydrogen) atoms.